The molecule has 1 aromatic heterocycles. The number of nitrogens with one attached hydrogen (secondary N) is 1. The quantitative estimate of drug-likeness (QED) is 0.755. The fraction of sp³-hybridized carbons (Fsp3) is 0.667. The van der Waals surface area contributed by atoms with Gasteiger partial charge in [0.05, 0.1) is 18.3 Å². The molecule has 0 spiro atoms. The van der Waals surface area contributed by atoms with Crippen molar-refractivity contribution in [3.05, 3.63) is 12.0 Å². The Labute approximate surface area is 113 Å². The molecule has 1 N–H and O–H groups in total. The van der Waals surface area contributed by atoms with Crippen LogP contribution in [0.1, 0.15) is 24.5 Å². The van der Waals surface area contributed by atoms with Crippen LogP contribution in [0.2, 0.25) is 0 Å². The van der Waals surface area contributed by atoms with Crippen molar-refractivity contribution in [1.29, 1.82) is 0 Å². The number of hydrogen-bond acceptors (Lipinski definition) is 6. The van der Waals surface area contributed by atoms with E-state index in [9.17, 15) is 0 Å². The van der Waals surface area contributed by atoms with Gasteiger partial charge in [0.15, 0.2) is 0 Å². The van der Waals surface area contributed by atoms with Gasteiger partial charge in [-0.1, -0.05) is 0 Å². The van der Waals surface area contributed by atoms with E-state index in [1.54, 1.807) is 13.4 Å². The molecule has 102 valence electrons. The maximum Gasteiger partial charge on any atom is 0.501 e. The molecule has 2 aliphatic rings. The summed E-state index contributed by atoms with van der Waals surface area (Å²) in [6.07, 6.45) is 3.89. The molecular formula is C12H18BN3O3. The lowest BCUT2D eigenvalue weighted by Crippen LogP contribution is -2.45. The van der Waals surface area contributed by atoms with Crippen molar-refractivity contribution in [2.24, 2.45) is 0 Å². The van der Waals surface area contributed by atoms with Gasteiger partial charge in [0.2, 0.25) is 5.88 Å². The molecule has 1 aliphatic heterocycles. The topological polar surface area (TPSA) is 65.5 Å². The second kappa shape index (κ2) is 5.86. The Kier molecular flexibility index (Phi) is 3.96. The van der Waals surface area contributed by atoms with Crippen LogP contribution in [0.5, 0.6) is 5.88 Å². The summed E-state index contributed by atoms with van der Waals surface area (Å²) in [5.74, 6) is 1.07. The Morgan fingerprint density at radius 3 is 2.63 bits per heavy atom. The minimum Gasteiger partial charge on any atom is -0.481 e. The van der Waals surface area contributed by atoms with Crippen LogP contribution in [0.25, 0.3) is 0 Å². The number of hydrogen-bond donors (Lipinski definition) is 1. The maximum absolute atomic E-state index is 5.79. The normalized spacial score (nSPS) is 20.8. The van der Waals surface area contributed by atoms with Crippen LogP contribution < -0.4 is 15.5 Å². The number of rotatable bonds is 3. The lowest BCUT2D eigenvalue weighted by atomic mass is 9.76. The Morgan fingerprint density at radius 1 is 1.26 bits per heavy atom. The Bertz CT molecular complexity index is 434. The zero-order valence-corrected chi connectivity index (χ0v) is 11.1. The third kappa shape index (κ3) is 2.88. The largest absolute Gasteiger partial charge is 0.501 e. The first-order valence-electron chi connectivity index (χ1n) is 6.73. The average molecular weight is 263 g/mol. The molecule has 2 fully saturated rings. The van der Waals surface area contributed by atoms with Crippen molar-refractivity contribution in [2.45, 2.75) is 18.8 Å². The first-order chi connectivity index (χ1) is 9.40. The van der Waals surface area contributed by atoms with E-state index >= 15 is 0 Å². The van der Waals surface area contributed by atoms with E-state index in [1.165, 1.54) is 12.8 Å². The van der Waals surface area contributed by atoms with Crippen LogP contribution in [0.15, 0.2) is 6.33 Å². The van der Waals surface area contributed by atoms with Crippen molar-refractivity contribution in [2.75, 3.05) is 33.4 Å². The molecule has 1 saturated heterocycles. The Balaban J connectivity index is 1.91. The highest BCUT2D eigenvalue weighted by Crippen LogP contribution is 2.38. The van der Waals surface area contributed by atoms with Crippen molar-refractivity contribution in [3.63, 3.8) is 0 Å². The summed E-state index contributed by atoms with van der Waals surface area (Å²) in [4.78, 5) is 8.60. The van der Waals surface area contributed by atoms with E-state index < -0.39 is 7.12 Å². The summed E-state index contributed by atoms with van der Waals surface area (Å²) >= 11 is 0. The summed E-state index contributed by atoms with van der Waals surface area (Å²) in [7, 11) is 1.20. The molecule has 0 unspecified atom stereocenters. The number of methoxy groups -OCH3 is 1. The third-order valence-corrected chi connectivity index (χ3v) is 3.37. The molecular weight excluding hydrogens is 245 g/mol. The van der Waals surface area contributed by atoms with Crippen molar-refractivity contribution in [3.8, 4) is 5.88 Å². The lowest BCUT2D eigenvalue weighted by Gasteiger charge is -2.21. The molecule has 2 heterocycles. The second-order valence-corrected chi connectivity index (χ2v) is 4.78. The number of nitrogens with zero attached hydrogens (tertiary/aromatic N) is 2. The lowest BCUT2D eigenvalue weighted by molar-refractivity contribution is 0.186. The number of aromatic nitrogens is 2. The molecule has 19 heavy (non-hydrogen) atoms. The highest BCUT2D eigenvalue weighted by Gasteiger charge is 2.37. The van der Waals surface area contributed by atoms with E-state index in [0.717, 1.165) is 24.2 Å². The SMILES string of the molecule is COc1ncnc(C2CC2)c1B1OCCNCCO1. The molecule has 1 aromatic rings. The maximum atomic E-state index is 5.79. The first-order valence-corrected chi connectivity index (χ1v) is 6.73. The fourth-order valence-corrected chi connectivity index (χ4v) is 2.27. The van der Waals surface area contributed by atoms with Crippen LogP contribution in [0.4, 0.5) is 0 Å². The highest BCUT2D eigenvalue weighted by molar-refractivity contribution is 6.62. The predicted octanol–water partition coefficient (Wildman–Crippen LogP) is -0.306. The minimum atomic E-state index is -0.422. The standard InChI is InChI=1S/C12H18BN3O3/c1-17-12-10(11(9-2-3-9)15-8-16-12)13-18-6-4-14-5-7-19-13/h8-9,14H,2-7H2,1H3. The van der Waals surface area contributed by atoms with Gasteiger partial charge in [-0.3, -0.25) is 0 Å². The molecule has 0 aromatic carbocycles. The van der Waals surface area contributed by atoms with Crippen molar-refractivity contribution in [1.82, 2.24) is 15.3 Å². The van der Waals surface area contributed by atoms with Gasteiger partial charge >= 0.3 is 7.12 Å². The third-order valence-electron chi connectivity index (χ3n) is 3.37. The van der Waals surface area contributed by atoms with E-state index in [-0.39, 0.29) is 0 Å². The van der Waals surface area contributed by atoms with Gasteiger partial charge in [0.1, 0.15) is 6.33 Å². The molecule has 1 aliphatic carbocycles. The summed E-state index contributed by atoms with van der Waals surface area (Å²) in [6.45, 7) is 2.86. The fourth-order valence-electron chi connectivity index (χ4n) is 2.27. The van der Waals surface area contributed by atoms with Gasteiger partial charge in [-0.05, 0) is 12.8 Å². The van der Waals surface area contributed by atoms with Crippen LogP contribution in [0, 0.1) is 0 Å². The molecule has 0 radical (unpaired) electrons. The summed E-state index contributed by atoms with van der Waals surface area (Å²) < 4.78 is 16.9. The monoisotopic (exact) mass is 263 g/mol. The summed E-state index contributed by atoms with van der Waals surface area (Å²) in [5.41, 5.74) is 1.89. The van der Waals surface area contributed by atoms with Gasteiger partial charge in [-0.25, -0.2) is 9.97 Å². The molecule has 6 nitrogen and oxygen atoms in total. The van der Waals surface area contributed by atoms with E-state index in [1.807, 2.05) is 0 Å². The van der Waals surface area contributed by atoms with Crippen LogP contribution in [0.3, 0.4) is 0 Å². The zero-order valence-electron chi connectivity index (χ0n) is 11.1. The van der Waals surface area contributed by atoms with Crippen molar-refractivity contribution < 1.29 is 14.0 Å². The Morgan fingerprint density at radius 2 is 2.00 bits per heavy atom. The number of ether oxygens (including phenoxy) is 1. The van der Waals surface area contributed by atoms with Gasteiger partial charge in [0.25, 0.3) is 0 Å². The summed E-state index contributed by atoms with van der Waals surface area (Å²) in [6, 6.07) is 0. The van der Waals surface area contributed by atoms with Gasteiger partial charge < -0.3 is 19.4 Å². The van der Waals surface area contributed by atoms with E-state index in [4.69, 9.17) is 14.0 Å². The van der Waals surface area contributed by atoms with Crippen molar-refractivity contribution >= 4 is 12.6 Å². The van der Waals surface area contributed by atoms with E-state index in [2.05, 4.69) is 15.3 Å². The summed E-state index contributed by atoms with van der Waals surface area (Å²) in [5, 5.41) is 3.23. The minimum absolute atomic E-state index is 0.422. The van der Waals surface area contributed by atoms with Gasteiger partial charge in [-0.15, -0.1) is 0 Å². The van der Waals surface area contributed by atoms with Crippen LogP contribution >= 0.6 is 0 Å². The second-order valence-electron chi connectivity index (χ2n) is 4.78. The smallest absolute Gasteiger partial charge is 0.481 e. The average Bonchev–Trinajstić information content (AvgIpc) is 3.22. The first kappa shape index (κ1) is 12.8. The zero-order chi connectivity index (χ0) is 13.1. The molecule has 7 heteroatoms. The van der Waals surface area contributed by atoms with Crippen LogP contribution in [-0.4, -0.2) is 50.5 Å². The van der Waals surface area contributed by atoms with Gasteiger partial charge in [-0.2, -0.15) is 0 Å². The molecule has 3 rings (SSSR count). The van der Waals surface area contributed by atoms with Crippen LogP contribution in [-0.2, 0) is 9.31 Å². The molecule has 0 amide bonds. The van der Waals surface area contributed by atoms with Gasteiger partial charge in [0, 0.05) is 32.2 Å². The molecule has 0 atom stereocenters. The predicted molar refractivity (Wildman–Crippen MR) is 70.7 cm³/mol. The van der Waals surface area contributed by atoms with E-state index in [0.29, 0.717) is 25.0 Å². The highest BCUT2D eigenvalue weighted by atomic mass is 16.6. The Hall–Kier alpha value is -1.18. The molecule has 0 bridgehead atoms. The molecule has 1 saturated carbocycles.